The molecule has 0 aromatic carbocycles. The van der Waals surface area contributed by atoms with E-state index in [4.69, 9.17) is 10.2 Å². The molecule has 1 aliphatic heterocycles. The van der Waals surface area contributed by atoms with Gasteiger partial charge in [0.1, 0.15) is 5.69 Å². The van der Waals surface area contributed by atoms with Crippen LogP contribution in [0.15, 0.2) is 28.2 Å². The monoisotopic (exact) mass is 319 g/mol. The molecule has 1 atom stereocenters. The third-order valence-electron chi connectivity index (χ3n) is 3.78. The molecule has 2 aromatic heterocycles. The summed E-state index contributed by atoms with van der Waals surface area (Å²) in [7, 11) is 0. The molecule has 2 N–H and O–H groups in total. The molecule has 1 saturated heterocycles. The summed E-state index contributed by atoms with van der Waals surface area (Å²) in [5, 5.41) is 2.41. The van der Waals surface area contributed by atoms with E-state index in [-0.39, 0.29) is 24.3 Å². The number of aromatic nitrogens is 1. The van der Waals surface area contributed by atoms with Crippen LogP contribution in [0.25, 0.3) is 10.8 Å². The van der Waals surface area contributed by atoms with Gasteiger partial charge >= 0.3 is 0 Å². The molecule has 0 unspecified atom stereocenters. The number of furan rings is 1. The standard InChI is InChI=1S/C15H17N3O3S/c16-13(19)8-10-4-1-2-6-18(10)15(20)11-9-22-14(17-11)12-5-3-7-21-12/h3,5,7,9-10H,1-2,4,6,8H2,(H2,16,19)/t10-/m1/s1. The van der Waals surface area contributed by atoms with Gasteiger partial charge in [-0.3, -0.25) is 9.59 Å². The second-order valence-corrected chi connectivity index (χ2v) is 6.19. The molecule has 7 heteroatoms. The van der Waals surface area contributed by atoms with Crippen LogP contribution in [0.3, 0.4) is 0 Å². The minimum absolute atomic E-state index is 0.118. The Kier molecular flexibility index (Phi) is 4.24. The second kappa shape index (κ2) is 6.31. The Morgan fingerprint density at radius 2 is 2.32 bits per heavy atom. The van der Waals surface area contributed by atoms with Crippen molar-refractivity contribution < 1.29 is 14.0 Å². The first-order chi connectivity index (χ1) is 10.6. The minimum atomic E-state index is -0.376. The molecule has 1 aliphatic rings. The number of carbonyl (C=O) groups excluding carboxylic acids is 2. The highest BCUT2D eigenvalue weighted by Crippen LogP contribution is 2.26. The van der Waals surface area contributed by atoms with E-state index in [1.54, 1.807) is 22.6 Å². The summed E-state index contributed by atoms with van der Waals surface area (Å²) in [5.41, 5.74) is 5.69. The number of amides is 2. The van der Waals surface area contributed by atoms with Gasteiger partial charge in [0.15, 0.2) is 10.8 Å². The number of hydrogen-bond acceptors (Lipinski definition) is 5. The van der Waals surface area contributed by atoms with Crippen molar-refractivity contribution in [1.29, 1.82) is 0 Å². The molecule has 22 heavy (non-hydrogen) atoms. The van der Waals surface area contributed by atoms with Gasteiger partial charge in [0, 0.05) is 24.4 Å². The van der Waals surface area contributed by atoms with Gasteiger partial charge in [-0.25, -0.2) is 4.98 Å². The maximum absolute atomic E-state index is 12.7. The molecule has 0 saturated carbocycles. The highest BCUT2D eigenvalue weighted by Gasteiger charge is 2.30. The maximum Gasteiger partial charge on any atom is 0.273 e. The fourth-order valence-corrected chi connectivity index (χ4v) is 3.51. The Morgan fingerprint density at radius 1 is 1.45 bits per heavy atom. The molecule has 0 bridgehead atoms. The smallest absolute Gasteiger partial charge is 0.273 e. The largest absolute Gasteiger partial charge is 0.462 e. The number of likely N-dealkylation sites (tertiary alicyclic amines) is 1. The Morgan fingerprint density at radius 3 is 3.05 bits per heavy atom. The van der Waals surface area contributed by atoms with Crippen LogP contribution in [-0.2, 0) is 4.79 Å². The number of thiazole rings is 1. The van der Waals surface area contributed by atoms with E-state index < -0.39 is 0 Å². The molecular weight excluding hydrogens is 302 g/mol. The molecule has 2 amide bonds. The van der Waals surface area contributed by atoms with Crippen molar-refractivity contribution in [3.05, 3.63) is 29.5 Å². The highest BCUT2D eigenvalue weighted by atomic mass is 32.1. The predicted octanol–water partition coefficient (Wildman–Crippen LogP) is 2.27. The lowest BCUT2D eigenvalue weighted by Crippen LogP contribution is -2.45. The van der Waals surface area contributed by atoms with Crippen LogP contribution in [0.5, 0.6) is 0 Å². The van der Waals surface area contributed by atoms with Gasteiger partial charge in [-0.15, -0.1) is 11.3 Å². The van der Waals surface area contributed by atoms with Gasteiger partial charge < -0.3 is 15.1 Å². The summed E-state index contributed by atoms with van der Waals surface area (Å²) >= 11 is 1.37. The number of nitrogens with zero attached hydrogens (tertiary/aromatic N) is 2. The predicted molar refractivity (Wildman–Crippen MR) is 82.3 cm³/mol. The zero-order valence-electron chi connectivity index (χ0n) is 12.0. The first kappa shape index (κ1) is 14.8. The van der Waals surface area contributed by atoms with Crippen LogP contribution >= 0.6 is 11.3 Å². The van der Waals surface area contributed by atoms with Gasteiger partial charge in [0.25, 0.3) is 5.91 Å². The molecule has 0 radical (unpaired) electrons. The number of carbonyl (C=O) groups is 2. The van der Waals surface area contributed by atoms with E-state index >= 15 is 0 Å². The summed E-state index contributed by atoms with van der Waals surface area (Å²) in [5.74, 6) is 0.135. The Bertz CT molecular complexity index is 665. The van der Waals surface area contributed by atoms with Crippen molar-refractivity contribution in [3.63, 3.8) is 0 Å². The fraction of sp³-hybridized carbons (Fsp3) is 0.400. The quantitative estimate of drug-likeness (QED) is 0.936. The summed E-state index contributed by atoms with van der Waals surface area (Å²) in [6.45, 7) is 0.643. The average molecular weight is 319 g/mol. The lowest BCUT2D eigenvalue weighted by molar-refractivity contribution is -0.119. The van der Waals surface area contributed by atoms with Gasteiger partial charge in [0.05, 0.1) is 6.26 Å². The average Bonchev–Trinajstić information content (AvgIpc) is 3.17. The molecular formula is C15H17N3O3S. The van der Waals surface area contributed by atoms with E-state index in [1.165, 1.54) is 11.3 Å². The second-order valence-electron chi connectivity index (χ2n) is 5.33. The zero-order chi connectivity index (χ0) is 15.5. The highest BCUT2D eigenvalue weighted by molar-refractivity contribution is 7.13. The third-order valence-corrected chi connectivity index (χ3v) is 4.64. The Hall–Kier alpha value is -2.15. The van der Waals surface area contributed by atoms with Crippen molar-refractivity contribution in [2.75, 3.05) is 6.54 Å². The van der Waals surface area contributed by atoms with E-state index in [2.05, 4.69) is 4.98 Å². The lowest BCUT2D eigenvalue weighted by atomic mass is 9.98. The number of hydrogen-bond donors (Lipinski definition) is 1. The van der Waals surface area contributed by atoms with Crippen molar-refractivity contribution in [3.8, 4) is 10.8 Å². The summed E-state index contributed by atoms with van der Waals surface area (Å²) < 4.78 is 5.29. The summed E-state index contributed by atoms with van der Waals surface area (Å²) in [6, 6.07) is 3.47. The van der Waals surface area contributed by atoms with Gasteiger partial charge in [0.2, 0.25) is 5.91 Å². The van der Waals surface area contributed by atoms with Crippen LogP contribution in [0.2, 0.25) is 0 Å². The third kappa shape index (κ3) is 3.04. The first-order valence-corrected chi connectivity index (χ1v) is 8.12. The van der Waals surface area contributed by atoms with Crippen LogP contribution in [-0.4, -0.2) is 34.3 Å². The van der Waals surface area contributed by atoms with E-state index in [9.17, 15) is 9.59 Å². The van der Waals surface area contributed by atoms with E-state index in [0.717, 1.165) is 19.3 Å². The number of piperidine rings is 1. The molecule has 1 fully saturated rings. The van der Waals surface area contributed by atoms with Crippen molar-refractivity contribution in [2.24, 2.45) is 5.73 Å². The molecule has 0 aliphatic carbocycles. The van der Waals surface area contributed by atoms with Crippen molar-refractivity contribution >= 4 is 23.2 Å². The van der Waals surface area contributed by atoms with Gasteiger partial charge in [-0.1, -0.05) is 0 Å². The van der Waals surface area contributed by atoms with Crippen LogP contribution in [0.4, 0.5) is 0 Å². The molecule has 0 spiro atoms. The zero-order valence-corrected chi connectivity index (χ0v) is 12.8. The Balaban J connectivity index is 1.78. The molecule has 116 valence electrons. The lowest BCUT2D eigenvalue weighted by Gasteiger charge is -2.34. The van der Waals surface area contributed by atoms with Crippen LogP contribution in [0, 0.1) is 0 Å². The Labute approximate surface area is 131 Å². The molecule has 6 nitrogen and oxygen atoms in total. The van der Waals surface area contributed by atoms with Crippen molar-refractivity contribution in [1.82, 2.24) is 9.88 Å². The van der Waals surface area contributed by atoms with Crippen LogP contribution < -0.4 is 5.73 Å². The summed E-state index contributed by atoms with van der Waals surface area (Å²) in [6.07, 6.45) is 4.54. The maximum atomic E-state index is 12.7. The van der Waals surface area contributed by atoms with Gasteiger partial charge in [-0.2, -0.15) is 0 Å². The number of primary amides is 1. The fourth-order valence-electron chi connectivity index (χ4n) is 2.74. The van der Waals surface area contributed by atoms with Crippen molar-refractivity contribution in [2.45, 2.75) is 31.7 Å². The summed E-state index contributed by atoms with van der Waals surface area (Å²) in [4.78, 5) is 29.9. The number of rotatable bonds is 4. The van der Waals surface area contributed by atoms with Crippen LogP contribution in [0.1, 0.15) is 36.2 Å². The number of nitrogens with two attached hydrogens (primary N) is 1. The topological polar surface area (TPSA) is 89.4 Å². The normalized spacial score (nSPS) is 18.4. The SMILES string of the molecule is NC(=O)C[C@H]1CCCCN1C(=O)c1csc(-c2ccco2)n1. The minimum Gasteiger partial charge on any atom is -0.462 e. The first-order valence-electron chi connectivity index (χ1n) is 7.24. The van der Waals surface area contributed by atoms with E-state index in [1.807, 2.05) is 6.07 Å². The molecule has 3 rings (SSSR count). The molecule has 2 aromatic rings. The van der Waals surface area contributed by atoms with Gasteiger partial charge in [-0.05, 0) is 31.4 Å². The van der Waals surface area contributed by atoms with E-state index in [0.29, 0.717) is 23.0 Å². The molecule has 3 heterocycles.